The average molecular weight is 278 g/mol. The molecule has 1 atom stereocenters. The Labute approximate surface area is 119 Å². The molecule has 0 fully saturated rings. The first-order chi connectivity index (χ1) is 9.17. The summed E-state index contributed by atoms with van der Waals surface area (Å²) < 4.78 is 0. The van der Waals surface area contributed by atoms with E-state index in [-0.39, 0.29) is 5.91 Å². The van der Waals surface area contributed by atoms with Crippen LogP contribution in [0.25, 0.3) is 0 Å². The van der Waals surface area contributed by atoms with Crippen molar-refractivity contribution in [1.29, 1.82) is 0 Å². The lowest BCUT2D eigenvalue weighted by atomic mass is 10.2. The third-order valence-electron chi connectivity index (χ3n) is 2.74. The molecule has 0 saturated carbocycles. The van der Waals surface area contributed by atoms with E-state index in [4.69, 9.17) is 0 Å². The molecular formula is C15H22N2OS. The molecule has 0 bridgehead atoms. The van der Waals surface area contributed by atoms with E-state index in [9.17, 15) is 4.79 Å². The molecule has 4 heteroatoms. The van der Waals surface area contributed by atoms with E-state index >= 15 is 0 Å². The molecule has 1 rings (SSSR count). The molecule has 3 nitrogen and oxygen atoms in total. The first kappa shape index (κ1) is 15.8. The van der Waals surface area contributed by atoms with Crippen molar-refractivity contribution in [2.24, 2.45) is 0 Å². The second kappa shape index (κ2) is 8.77. The van der Waals surface area contributed by atoms with E-state index in [1.54, 1.807) is 11.8 Å². The number of carbonyl (C=O) groups is 1. The molecule has 1 unspecified atom stereocenters. The fourth-order valence-electron chi connectivity index (χ4n) is 1.45. The zero-order valence-corrected chi connectivity index (χ0v) is 12.4. The van der Waals surface area contributed by atoms with Crippen molar-refractivity contribution >= 4 is 23.4 Å². The summed E-state index contributed by atoms with van der Waals surface area (Å²) in [6.45, 7) is 8.21. The van der Waals surface area contributed by atoms with Crippen molar-refractivity contribution in [3.8, 4) is 0 Å². The van der Waals surface area contributed by atoms with Crippen molar-refractivity contribution in [3.63, 3.8) is 0 Å². The lowest BCUT2D eigenvalue weighted by Crippen LogP contribution is -2.34. The number of nitrogens with one attached hydrogen (secondary N) is 2. The van der Waals surface area contributed by atoms with Gasteiger partial charge in [0.1, 0.15) is 0 Å². The third kappa shape index (κ3) is 5.94. The molecule has 0 saturated heterocycles. The number of benzene rings is 1. The first-order valence-electron chi connectivity index (χ1n) is 6.53. The Morgan fingerprint density at radius 3 is 2.89 bits per heavy atom. The van der Waals surface area contributed by atoms with Gasteiger partial charge in [-0.05, 0) is 25.5 Å². The summed E-state index contributed by atoms with van der Waals surface area (Å²) in [4.78, 5) is 12.9. The Morgan fingerprint density at radius 1 is 1.47 bits per heavy atom. The highest BCUT2D eigenvalue weighted by molar-refractivity contribution is 7.99. The van der Waals surface area contributed by atoms with Gasteiger partial charge in [0.05, 0.1) is 12.2 Å². The van der Waals surface area contributed by atoms with Crippen molar-refractivity contribution in [3.05, 3.63) is 36.9 Å². The summed E-state index contributed by atoms with van der Waals surface area (Å²) in [5.41, 5.74) is 0.866. The number of hydrogen-bond acceptors (Lipinski definition) is 3. The van der Waals surface area contributed by atoms with Crippen LogP contribution in [-0.2, 0) is 4.79 Å². The molecule has 0 aromatic heterocycles. The Hall–Kier alpha value is -1.26. The molecule has 2 N–H and O–H groups in total. The van der Waals surface area contributed by atoms with E-state index in [0.717, 1.165) is 22.8 Å². The van der Waals surface area contributed by atoms with Crippen LogP contribution in [0.15, 0.2) is 41.8 Å². The summed E-state index contributed by atoms with van der Waals surface area (Å²) >= 11 is 1.66. The smallest absolute Gasteiger partial charge is 0.238 e. The predicted molar refractivity (Wildman–Crippen MR) is 83.7 cm³/mol. The van der Waals surface area contributed by atoms with E-state index < -0.39 is 0 Å². The zero-order chi connectivity index (χ0) is 14.1. The fraction of sp³-hybridized carbons (Fsp3) is 0.400. The first-order valence-corrected chi connectivity index (χ1v) is 7.51. The van der Waals surface area contributed by atoms with Crippen LogP contribution >= 0.6 is 11.8 Å². The van der Waals surface area contributed by atoms with Gasteiger partial charge in [-0.2, -0.15) is 0 Å². The average Bonchev–Trinajstić information content (AvgIpc) is 2.43. The highest BCUT2D eigenvalue weighted by Gasteiger charge is 2.07. The topological polar surface area (TPSA) is 41.1 Å². The van der Waals surface area contributed by atoms with Gasteiger partial charge < -0.3 is 10.6 Å². The summed E-state index contributed by atoms with van der Waals surface area (Å²) in [5, 5.41) is 6.12. The van der Waals surface area contributed by atoms with Crippen LogP contribution in [0.5, 0.6) is 0 Å². The second-order valence-corrected chi connectivity index (χ2v) is 5.40. The molecule has 1 aromatic carbocycles. The van der Waals surface area contributed by atoms with Gasteiger partial charge in [0.15, 0.2) is 0 Å². The maximum Gasteiger partial charge on any atom is 0.238 e. The van der Waals surface area contributed by atoms with Crippen molar-refractivity contribution in [2.45, 2.75) is 31.2 Å². The van der Waals surface area contributed by atoms with Gasteiger partial charge in [0.25, 0.3) is 0 Å². The molecule has 1 aromatic rings. The summed E-state index contributed by atoms with van der Waals surface area (Å²) in [6, 6.07) is 8.18. The molecular weight excluding hydrogens is 256 g/mol. The van der Waals surface area contributed by atoms with Crippen LogP contribution < -0.4 is 10.6 Å². The molecule has 0 radical (unpaired) electrons. The van der Waals surface area contributed by atoms with E-state index in [1.807, 2.05) is 30.3 Å². The minimum Gasteiger partial charge on any atom is -0.324 e. The van der Waals surface area contributed by atoms with Gasteiger partial charge in [-0.1, -0.05) is 25.1 Å². The second-order valence-electron chi connectivity index (χ2n) is 4.33. The van der Waals surface area contributed by atoms with Crippen molar-refractivity contribution in [2.75, 3.05) is 17.6 Å². The van der Waals surface area contributed by atoms with Crippen LogP contribution in [0.3, 0.4) is 0 Å². The van der Waals surface area contributed by atoms with Crippen LogP contribution in [0.2, 0.25) is 0 Å². The number of amides is 1. The summed E-state index contributed by atoms with van der Waals surface area (Å²) in [5.74, 6) is 0.824. The molecule has 19 heavy (non-hydrogen) atoms. The van der Waals surface area contributed by atoms with Crippen LogP contribution in [-0.4, -0.2) is 24.2 Å². The lowest BCUT2D eigenvalue weighted by molar-refractivity contribution is -0.115. The highest BCUT2D eigenvalue weighted by atomic mass is 32.2. The normalized spacial score (nSPS) is 11.9. The Morgan fingerprint density at radius 2 is 2.21 bits per heavy atom. The minimum atomic E-state index is -0.00745. The van der Waals surface area contributed by atoms with Gasteiger partial charge in [-0.25, -0.2) is 0 Å². The molecule has 0 aliphatic carbocycles. The van der Waals surface area contributed by atoms with Crippen molar-refractivity contribution in [1.82, 2.24) is 5.32 Å². The summed E-state index contributed by atoms with van der Waals surface area (Å²) in [6.07, 6.45) is 2.87. The number of carbonyl (C=O) groups excluding carboxylic acids is 1. The minimum absolute atomic E-state index is 0.00745. The zero-order valence-electron chi connectivity index (χ0n) is 11.6. The Kier molecular flexibility index (Phi) is 7.30. The van der Waals surface area contributed by atoms with E-state index in [0.29, 0.717) is 12.6 Å². The summed E-state index contributed by atoms with van der Waals surface area (Å²) in [7, 11) is 0. The molecule has 1 amide bonds. The molecule has 0 aliphatic heterocycles. The maximum atomic E-state index is 11.9. The van der Waals surface area contributed by atoms with Crippen LogP contribution in [0.1, 0.15) is 20.3 Å². The van der Waals surface area contributed by atoms with Crippen molar-refractivity contribution < 1.29 is 4.79 Å². The monoisotopic (exact) mass is 278 g/mol. The maximum absolute atomic E-state index is 11.9. The van der Waals surface area contributed by atoms with Gasteiger partial charge in [-0.3, -0.25) is 4.79 Å². The number of hydrogen-bond donors (Lipinski definition) is 2. The number of anilines is 1. The van der Waals surface area contributed by atoms with E-state index in [2.05, 4.69) is 31.1 Å². The van der Waals surface area contributed by atoms with Crippen LogP contribution in [0, 0.1) is 0 Å². The number of thioether (sulfide) groups is 1. The number of para-hydroxylation sites is 1. The van der Waals surface area contributed by atoms with Gasteiger partial charge >= 0.3 is 0 Å². The fourth-order valence-corrected chi connectivity index (χ4v) is 2.20. The van der Waals surface area contributed by atoms with Crippen LogP contribution in [0.4, 0.5) is 5.69 Å². The van der Waals surface area contributed by atoms with Gasteiger partial charge in [-0.15, -0.1) is 18.3 Å². The Bertz CT molecular complexity index is 420. The molecule has 0 aliphatic rings. The standard InChI is InChI=1S/C15H22N2OS/c1-4-10-19-14-9-7-6-8-13(14)17-15(18)11-16-12(3)5-2/h4,6-9,12,16H,1,5,10-11H2,2-3H3,(H,17,18). The predicted octanol–water partition coefficient (Wildman–Crippen LogP) is 3.29. The SMILES string of the molecule is C=CCSc1ccccc1NC(=O)CNC(C)CC. The highest BCUT2D eigenvalue weighted by Crippen LogP contribution is 2.26. The van der Waals surface area contributed by atoms with Gasteiger partial charge in [0, 0.05) is 16.7 Å². The Balaban J connectivity index is 2.55. The molecule has 0 heterocycles. The van der Waals surface area contributed by atoms with E-state index in [1.165, 1.54) is 0 Å². The quantitative estimate of drug-likeness (QED) is 0.566. The third-order valence-corrected chi connectivity index (χ3v) is 3.81. The van der Waals surface area contributed by atoms with Gasteiger partial charge in [0.2, 0.25) is 5.91 Å². The molecule has 0 spiro atoms. The number of rotatable bonds is 8. The lowest BCUT2D eigenvalue weighted by Gasteiger charge is -2.13. The largest absolute Gasteiger partial charge is 0.324 e. The molecule has 104 valence electrons.